The zero-order valence-electron chi connectivity index (χ0n) is 13.3. The first kappa shape index (κ1) is 17.5. The third kappa shape index (κ3) is 3.16. The Labute approximate surface area is 149 Å². The van der Waals surface area contributed by atoms with Gasteiger partial charge in [0, 0.05) is 18.0 Å². The van der Waals surface area contributed by atoms with Crippen LogP contribution in [-0.4, -0.2) is 31.0 Å². The van der Waals surface area contributed by atoms with Crippen molar-refractivity contribution in [3.8, 4) is 5.75 Å². The number of pyridine rings is 1. The Balaban J connectivity index is 2.22. The molecule has 0 aliphatic heterocycles. The Morgan fingerprint density at radius 1 is 1.07 bits per heavy atom. The van der Waals surface area contributed by atoms with Crippen LogP contribution in [0, 0.1) is 20.2 Å². The number of carbonyl (C=O) groups is 1. The maximum atomic E-state index is 11.4. The lowest BCUT2D eigenvalue weighted by molar-refractivity contribution is -0.392. The number of hydrogen-bond acceptors (Lipinski definition) is 8. The number of carboxylic acids is 1. The van der Waals surface area contributed by atoms with Crippen LogP contribution in [0.15, 0.2) is 42.6 Å². The van der Waals surface area contributed by atoms with Gasteiger partial charge in [-0.2, -0.15) is 0 Å². The fourth-order valence-corrected chi connectivity index (χ4v) is 2.56. The van der Waals surface area contributed by atoms with Crippen molar-refractivity contribution in [2.45, 2.75) is 0 Å². The third-order valence-electron chi connectivity index (χ3n) is 3.74. The van der Waals surface area contributed by atoms with Crippen LogP contribution in [0.5, 0.6) is 5.75 Å². The van der Waals surface area contributed by atoms with Crippen LogP contribution in [0.3, 0.4) is 0 Å². The van der Waals surface area contributed by atoms with Crippen LogP contribution < -0.4 is 5.32 Å². The molecule has 3 N–H and O–H groups in total. The topological polar surface area (TPSA) is 169 Å². The lowest BCUT2D eigenvalue weighted by Crippen LogP contribution is -2.02. The first-order valence-electron chi connectivity index (χ1n) is 7.33. The van der Waals surface area contributed by atoms with E-state index in [0.717, 1.165) is 18.2 Å². The van der Waals surface area contributed by atoms with E-state index >= 15 is 0 Å². The van der Waals surface area contributed by atoms with Crippen molar-refractivity contribution in [1.82, 2.24) is 4.98 Å². The van der Waals surface area contributed by atoms with Gasteiger partial charge in [-0.1, -0.05) is 0 Å². The summed E-state index contributed by atoms with van der Waals surface area (Å²) in [5, 5.41) is 44.2. The SMILES string of the molecule is O=C(O)c1ccc(Nc2c([N+](=O)[O-])cc([N+](=O)[O-])c3cccnc23)cc1O. The molecule has 0 unspecified atom stereocenters. The number of aromatic hydroxyl groups is 1. The number of benzene rings is 2. The molecule has 27 heavy (non-hydrogen) atoms. The van der Waals surface area contributed by atoms with E-state index in [1.54, 1.807) is 0 Å². The zero-order chi connectivity index (χ0) is 19.7. The molecule has 0 radical (unpaired) electrons. The number of nitrogens with one attached hydrogen (secondary N) is 1. The Hall–Kier alpha value is -4.28. The fraction of sp³-hybridized carbons (Fsp3) is 0. The summed E-state index contributed by atoms with van der Waals surface area (Å²) >= 11 is 0. The summed E-state index contributed by atoms with van der Waals surface area (Å²) in [6, 6.07) is 7.16. The molecule has 0 aliphatic rings. The predicted molar refractivity (Wildman–Crippen MR) is 93.4 cm³/mol. The Kier molecular flexibility index (Phi) is 4.26. The summed E-state index contributed by atoms with van der Waals surface area (Å²) < 4.78 is 0. The van der Waals surface area contributed by atoms with Gasteiger partial charge in [0.2, 0.25) is 0 Å². The van der Waals surface area contributed by atoms with Crippen LogP contribution in [0.25, 0.3) is 10.9 Å². The summed E-state index contributed by atoms with van der Waals surface area (Å²) in [4.78, 5) is 36.1. The monoisotopic (exact) mass is 370 g/mol. The molecule has 11 nitrogen and oxygen atoms in total. The molecule has 0 saturated heterocycles. The molecule has 0 bridgehead atoms. The van der Waals surface area contributed by atoms with Crippen molar-refractivity contribution in [2.75, 3.05) is 5.32 Å². The number of rotatable bonds is 5. The fourth-order valence-electron chi connectivity index (χ4n) is 2.56. The van der Waals surface area contributed by atoms with Gasteiger partial charge >= 0.3 is 11.7 Å². The Morgan fingerprint density at radius 2 is 1.78 bits per heavy atom. The molecule has 1 heterocycles. The summed E-state index contributed by atoms with van der Waals surface area (Å²) in [6.45, 7) is 0. The second kappa shape index (κ2) is 6.55. The van der Waals surface area contributed by atoms with E-state index in [9.17, 15) is 30.1 Å². The van der Waals surface area contributed by atoms with E-state index in [-0.39, 0.29) is 27.8 Å². The quantitative estimate of drug-likeness (QED) is 0.451. The van der Waals surface area contributed by atoms with Gasteiger partial charge in [-0.15, -0.1) is 0 Å². The Morgan fingerprint density at radius 3 is 2.37 bits per heavy atom. The molecule has 0 atom stereocenters. The molecular weight excluding hydrogens is 360 g/mol. The molecule has 0 fully saturated rings. The smallest absolute Gasteiger partial charge is 0.339 e. The molecule has 0 saturated carbocycles. The minimum absolute atomic E-state index is 0.0137. The van der Waals surface area contributed by atoms with Crippen LogP contribution in [0.1, 0.15) is 10.4 Å². The van der Waals surface area contributed by atoms with E-state index in [2.05, 4.69) is 10.3 Å². The molecule has 3 aromatic rings. The molecule has 136 valence electrons. The van der Waals surface area contributed by atoms with E-state index in [1.807, 2.05) is 0 Å². The standard InChI is InChI=1S/C16H10N4O7/c21-13-6-8(3-4-10(13)16(22)23)18-15-12(20(26)27)7-11(19(24)25)9-2-1-5-17-14(9)15/h1-7,18,21H,(H,22,23). The number of nitrogens with zero attached hydrogens (tertiary/aromatic N) is 3. The number of fused-ring (bicyclic) bond motifs is 1. The largest absolute Gasteiger partial charge is 0.507 e. The zero-order valence-corrected chi connectivity index (χ0v) is 13.3. The number of carboxylic acid groups (broad SMARTS) is 1. The molecule has 0 aliphatic carbocycles. The van der Waals surface area contributed by atoms with E-state index in [1.165, 1.54) is 24.4 Å². The minimum atomic E-state index is -1.34. The maximum absolute atomic E-state index is 11.4. The second-order valence-corrected chi connectivity index (χ2v) is 5.37. The lowest BCUT2D eigenvalue weighted by Gasteiger charge is -2.11. The van der Waals surface area contributed by atoms with Gasteiger partial charge in [0.15, 0.2) is 0 Å². The van der Waals surface area contributed by atoms with Gasteiger partial charge in [0.05, 0.1) is 21.3 Å². The van der Waals surface area contributed by atoms with Crippen LogP contribution in [0.4, 0.5) is 22.7 Å². The molecular formula is C16H10N4O7. The van der Waals surface area contributed by atoms with E-state index in [4.69, 9.17) is 5.11 Å². The molecule has 1 aromatic heterocycles. The first-order valence-corrected chi connectivity index (χ1v) is 7.33. The highest BCUT2D eigenvalue weighted by atomic mass is 16.6. The number of nitro benzene ring substituents is 2. The Bertz CT molecular complexity index is 1110. The molecule has 0 amide bonds. The maximum Gasteiger partial charge on any atom is 0.339 e. The van der Waals surface area contributed by atoms with Gasteiger partial charge in [-0.3, -0.25) is 25.2 Å². The number of nitro groups is 2. The van der Waals surface area contributed by atoms with Gasteiger partial charge in [-0.25, -0.2) is 4.79 Å². The normalized spacial score (nSPS) is 10.5. The van der Waals surface area contributed by atoms with Crippen molar-refractivity contribution in [3.63, 3.8) is 0 Å². The molecule has 11 heteroatoms. The van der Waals surface area contributed by atoms with Gasteiger partial charge in [0.1, 0.15) is 22.5 Å². The number of hydrogen-bond donors (Lipinski definition) is 3. The molecule has 0 spiro atoms. The lowest BCUT2D eigenvalue weighted by atomic mass is 10.1. The summed E-state index contributed by atoms with van der Waals surface area (Å²) in [5.74, 6) is -1.89. The highest BCUT2D eigenvalue weighted by Crippen LogP contribution is 2.40. The van der Waals surface area contributed by atoms with E-state index in [0.29, 0.717) is 0 Å². The van der Waals surface area contributed by atoms with Crippen LogP contribution >= 0.6 is 0 Å². The number of phenols is 1. The highest BCUT2D eigenvalue weighted by molar-refractivity contribution is 6.02. The summed E-state index contributed by atoms with van der Waals surface area (Å²) in [5.41, 5.74) is -1.40. The predicted octanol–water partition coefficient (Wildman–Crippen LogP) is 3.20. The number of anilines is 2. The third-order valence-corrected chi connectivity index (χ3v) is 3.74. The van der Waals surface area contributed by atoms with Crippen molar-refractivity contribution in [2.24, 2.45) is 0 Å². The molecule has 3 rings (SSSR count). The summed E-state index contributed by atoms with van der Waals surface area (Å²) in [7, 11) is 0. The van der Waals surface area contributed by atoms with Crippen molar-refractivity contribution >= 4 is 39.6 Å². The van der Waals surface area contributed by atoms with Crippen molar-refractivity contribution in [1.29, 1.82) is 0 Å². The average Bonchev–Trinajstić information content (AvgIpc) is 2.61. The minimum Gasteiger partial charge on any atom is -0.507 e. The van der Waals surface area contributed by atoms with Crippen molar-refractivity contribution < 1.29 is 24.9 Å². The van der Waals surface area contributed by atoms with Gasteiger partial charge in [-0.05, 0) is 24.3 Å². The number of non-ortho nitro benzene ring substituents is 1. The van der Waals surface area contributed by atoms with Crippen molar-refractivity contribution in [3.05, 3.63) is 68.4 Å². The van der Waals surface area contributed by atoms with Crippen LogP contribution in [-0.2, 0) is 0 Å². The van der Waals surface area contributed by atoms with Gasteiger partial charge in [0.25, 0.3) is 5.69 Å². The number of aromatic carboxylic acids is 1. The molecule has 2 aromatic carbocycles. The second-order valence-electron chi connectivity index (χ2n) is 5.37. The van der Waals surface area contributed by atoms with Gasteiger partial charge < -0.3 is 15.5 Å². The highest BCUT2D eigenvalue weighted by Gasteiger charge is 2.26. The first-order chi connectivity index (χ1) is 12.8. The average molecular weight is 370 g/mol. The van der Waals surface area contributed by atoms with E-state index < -0.39 is 32.9 Å². The van der Waals surface area contributed by atoms with Crippen LogP contribution in [0.2, 0.25) is 0 Å². The number of aromatic nitrogens is 1. The summed E-state index contributed by atoms with van der Waals surface area (Å²) in [6.07, 6.45) is 1.33.